The molecular formula is C21H19F3N2O. The summed E-state index contributed by atoms with van der Waals surface area (Å²) in [4.78, 5) is 18.0. The highest BCUT2D eigenvalue weighted by Gasteiger charge is 2.38. The van der Waals surface area contributed by atoms with Crippen molar-refractivity contribution in [1.29, 1.82) is 0 Å². The summed E-state index contributed by atoms with van der Waals surface area (Å²) in [5, 5.41) is 1.01. The molecule has 0 unspecified atom stereocenters. The van der Waals surface area contributed by atoms with Crippen molar-refractivity contribution in [3.05, 3.63) is 71.4 Å². The van der Waals surface area contributed by atoms with Crippen LogP contribution in [0.2, 0.25) is 0 Å². The zero-order valence-electron chi connectivity index (χ0n) is 14.8. The molecule has 1 heterocycles. The van der Waals surface area contributed by atoms with Gasteiger partial charge in [0.1, 0.15) is 0 Å². The largest absolute Gasteiger partial charge is 0.416 e. The fourth-order valence-electron chi connectivity index (χ4n) is 3.48. The highest BCUT2D eigenvalue weighted by Crippen LogP contribution is 2.37. The van der Waals surface area contributed by atoms with Crippen LogP contribution in [0.4, 0.5) is 13.2 Å². The first-order chi connectivity index (χ1) is 12.8. The summed E-state index contributed by atoms with van der Waals surface area (Å²) < 4.78 is 39.2. The molecule has 2 aromatic carbocycles. The highest BCUT2D eigenvalue weighted by molar-refractivity contribution is 5.98. The average Bonchev–Trinajstić information content (AvgIpc) is 3.36. The summed E-state index contributed by atoms with van der Waals surface area (Å²) in [5.41, 5.74) is 1.20. The second kappa shape index (κ2) is 6.44. The van der Waals surface area contributed by atoms with E-state index in [-0.39, 0.29) is 11.9 Å². The summed E-state index contributed by atoms with van der Waals surface area (Å²) in [6, 6.07) is 12.2. The summed E-state index contributed by atoms with van der Waals surface area (Å²) in [6.07, 6.45) is -0.842. The lowest BCUT2D eigenvalue weighted by Gasteiger charge is -2.30. The minimum Gasteiger partial charge on any atom is -0.361 e. The first-order valence-electron chi connectivity index (χ1n) is 8.91. The molecule has 1 aromatic heterocycles. The maximum atomic E-state index is 13.2. The van der Waals surface area contributed by atoms with Crippen molar-refractivity contribution in [2.24, 2.45) is 0 Å². The van der Waals surface area contributed by atoms with Gasteiger partial charge < -0.3 is 9.88 Å². The molecular weight excluding hydrogens is 353 g/mol. The molecule has 1 aliphatic carbocycles. The molecule has 1 saturated carbocycles. The predicted molar refractivity (Wildman–Crippen MR) is 97.3 cm³/mol. The third-order valence-electron chi connectivity index (χ3n) is 5.09. The van der Waals surface area contributed by atoms with Gasteiger partial charge in [0.15, 0.2) is 0 Å². The van der Waals surface area contributed by atoms with E-state index in [2.05, 4.69) is 4.98 Å². The first kappa shape index (κ1) is 17.6. The van der Waals surface area contributed by atoms with E-state index in [1.165, 1.54) is 6.07 Å². The van der Waals surface area contributed by atoms with E-state index in [9.17, 15) is 18.0 Å². The summed E-state index contributed by atoms with van der Waals surface area (Å²) >= 11 is 0. The smallest absolute Gasteiger partial charge is 0.361 e. The fraction of sp³-hybridized carbons (Fsp3) is 0.286. The average molecular weight is 372 g/mol. The Morgan fingerprint density at radius 1 is 1.15 bits per heavy atom. The number of fused-ring (bicyclic) bond motifs is 1. The van der Waals surface area contributed by atoms with E-state index in [0.29, 0.717) is 11.1 Å². The number of amides is 1. The number of nitrogens with one attached hydrogen (secondary N) is 1. The Labute approximate surface area is 154 Å². The van der Waals surface area contributed by atoms with E-state index in [1.807, 2.05) is 18.3 Å². The van der Waals surface area contributed by atoms with Crippen LogP contribution >= 0.6 is 0 Å². The standard InChI is InChI=1S/C21H19F3N2O/c1-13(15-3-2-4-17(11-15)21(22,23)24)26(18-7-8-18)20(27)16-6-5-14-9-10-25-19(14)12-16/h2-6,9-13,18,25H,7-8H2,1H3/t13-/m1/s1. The lowest BCUT2D eigenvalue weighted by atomic mass is 10.0. The second-order valence-corrected chi connectivity index (χ2v) is 7.02. The van der Waals surface area contributed by atoms with Crippen LogP contribution in [0.1, 0.15) is 47.3 Å². The zero-order chi connectivity index (χ0) is 19.2. The summed E-state index contributed by atoms with van der Waals surface area (Å²) in [6.45, 7) is 1.79. The van der Waals surface area contributed by atoms with Gasteiger partial charge in [-0.05, 0) is 61.0 Å². The molecule has 0 spiro atoms. The van der Waals surface area contributed by atoms with Gasteiger partial charge in [-0.2, -0.15) is 13.2 Å². The molecule has 0 saturated heterocycles. The van der Waals surface area contributed by atoms with Gasteiger partial charge in [0.05, 0.1) is 11.6 Å². The third kappa shape index (κ3) is 3.44. The monoisotopic (exact) mass is 372 g/mol. The lowest BCUT2D eigenvalue weighted by molar-refractivity contribution is -0.137. The number of alkyl halides is 3. The molecule has 0 bridgehead atoms. The van der Waals surface area contributed by atoms with E-state index < -0.39 is 17.8 Å². The van der Waals surface area contributed by atoms with Crippen LogP contribution in [-0.4, -0.2) is 21.8 Å². The lowest BCUT2D eigenvalue weighted by Crippen LogP contribution is -2.35. The molecule has 3 nitrogen and oxygen atoms in total. The minimum absolute atomic E-state index is 0.0707. The van der Waals surface area contributed by atoms with Gasteiger partial charge >= 0.3 is 6.18 Å². The Hall–Kier alpha value is -2.76. The van der Waals surface area contributed by atoms with E-state index >= 15 is 0 Å². The number of hydrogen-bond acceptors (Lipinski definition) is 1. The van der Waals surface area contributed by atoms with Crippen molar-refractivity contribution < 1.29 is 18.0 Å². The van der Waals surface area contributed by atoms with Crippen LogP contribution in [0.25, 0.3) is 10.9 Å². The second-order valence-electron chi connectivity index (χ2n) is 7.02. The Morgan fingerprint density at radius 3 is 2.63 bits per heavy atom. The van der Waals surface area contributed by atoms with Crippen LogP contribution in [0.3, 0.4) is 0 Å². The number of rotatable bonds is 4. The molecule has 1 aliphatic rings. The molecule has 0 radical (unpaired) electrons. The van der Waals surface area contributed by atoms with Crippen molar-refractivity contribution in [3.63, 3.8) is 0 Å². The summed E-state index contributed by atoms with van der Waals surface area (Å²) in [5.74, 6) is -0.154. The molecule has 0 aliphatic heterocycles. The van der Waals surface area contributed by atoms with Crippen molar-refractivity contribution in [1.82, 2.24) is 9.88 Å². The number of aromatic nitrogens is 1. The van der Waals surface area contributed by atoms with Gasteiger partial charge in [0, 0.05) is 23.3 Å². The number of carbonyl (C=O) groups excluding carboxylic acids is 1. The number of aromatic amines is 1. The number of benzene rings is 2. The fourth-order valence-corrected chi connectivity index (χ4v) is 3.48. The number of H-pyrrole nitrogens is 1. The number of nitrogens with zero attached hydrogens (tertiary/aromatic N) is 1. The van der Waals surface area contributed by atoms with Gasteiger partial charge in [-0.1, -0.05) is 18.2 Å². The van der Waals surface area contributed by atoms with Crippen molar-refractivity contribution in [2.45, 2.75) is 38.0 Å². The number of hydrogen-bond donors (Lipinski definition) is 1. The predicted octanol–water partition coefficient (Wildman–Crippen LogP) is 5.55. The van der Waals surface area contributed by atoms with Gasteiger partial charge in [0.25, 0.3) is 5.91 Å². The van der Waals surface area contributed by atoms with Crippen LogP contribution in [0.15, 0.2) is 54.7 Å². The van der Waals surface area contributed by atoms with Gasteiger partial charge in [-0.15, -0.1) is 0 Å². The molecule has 140 valence electrons. The first-order valence-corrected chi connectivity index (χ1v) is 8.91. The molecule has 1 atom stereocenters. The number of carbonyl (C=O) groups is 1. The van der Waals surface area contributed by atoms with Crippen LogP contribution in [-0.2, 0) is 6.18 Å². The molecule has 27 heavy (non-hydrogen) atoms. The van der Waals surface area contributed by atoms with Crippen molar-refractivity contribution in [2.75, 3.05) is 0 Å². The van der Waals surface area contributed by atoms with Crippen LogP contribution in [0, 0.1) is 0 Å². The Kier molecular flexibility index (Phi) is 4.21. The van der Waals surface area contributed by atoms with Crippen molar-refractivity contribution >= 4 is 16.8 Å². The van der Waals surface area contributed by atoms with Crippen molar-refractivity contribution in [3.8, 4) is 0 Å². The van der Waals surface area contributed by atoms with Crippen LogP contribution in [0.5, 0.6) is 0 Å². The molecule has 1 amide bonds. The Balaban J connectivity index is 1.67. The highest BCUT2D eigenvalue weighted by atomic mass is 19.4. The SMILES string of the molecule is C[C@H](c1cccc(C(F)(F)F)c1)N(C(=O)c1ccc2cc[nH]c2c1)C1CC1. The molecule has 3 aromatic rings. The van der Waals surface area contributed by atoms with E-state index in [4.69, 9.17) is 0 Å². The Bertz CT molecular complexity index is 988. The van der Waals surface area contributed by atoms with Gasteiger partial charge in [-0.25, -0.2) is 0 Å². The normalized spacial score (nSPS) is 15.7. The third-order valence-corrected chi connectivity index (χ3v) is 5.09. The number of halogens is 3. The minimum atomic E-state index is -4.40. The quantitative estimate of drug-likeness (QED) is 0.640. The zero-order valence-corrected chi connectivity index (χ0v) is 14.8. The molecule has 1 fully saturated rings. The van der Waals surface area contributed by atoms with E-state index in [0.717, 1.165) is 35.9 Å². The maximum Gasteiger partial charge on any atom is 0.416 e. The van der Waals surface area contributed by atoms with Gasteiger partial charge in [0.2, 0.25) is 0 Å². The molecule has 6 heteroatoms. The Morgan fingerprint density at radius 2 is 1.93 bits per heavy atom. The van der Waals surface area contributed by atoms with Crippen LogP contribution < -0.4 is 0 Å². The van der Waals surface area contributed by atoms with E-state index in [1.54, 1.807) is 30.0 Å². The molecule has 4 rings (SSSR count). The van der Waals surface area contributed by atoms with Gasteiger partial charge in [-0.3, -0.25) is 4.79 Å². The molecule has 1 N–H and O–H groups in total. The maximum absolute atomic E-state index is 13.2. The summed E-state index contributed by atoms with van der Waals surface area (Å²) in [7, 11) is 0. The topological polar surface area (TPSA) is 36.1 Å².